The Hall–Kier alpha value is -1.13. The van der Waals surface area contributed by atoms with E-state index in [1.807, 2.05) is 6.20 Å². The van der Waals surface area contributed by atoms with Crippen LogP contribution in [0.15, 0.2) is 6.20 Å². The lowest BCUT2D eigenvalue weighted by molar-refractivity contribution is -0.138. The van der Waals surface area contributed by atoms with Crippen LogP contribution in [0.4, 0.5) is 13.2 Å². The van der Waals surface area contributed by atoms with Crippen LogP contribution in [0, 0.1) is 13.1 Å². The minimum absolute atomic E-state index is 0.276. The zero-order chi connectivity index (χ0) is 8.48. The largest absolute Gasteiger partial charge is 0.420 e. The number of aryl methyl sites for hydroxylation is 1. The highest BCUT2D eigenvalue weighted by Gasteiger charge is 2.31. The normalized spacial score (nSPS) is 11.6. The van der Waals surface area contributed by atoms with E-state index in [2.05, 4.69) is 9.97 Å². The van der Waals surface area contributed by atoms with Gasteiger partial charge in [-0.15, -0.1) is 0 Å². The first-order valence-corrected chi connectivity index (χ1v) is 2.78. The maximum absolute atomic E-state index is 11.8. The average molecular weight is 161 g/mol. The highest BCUT2D eigenvalue weighted by atomic mass is 19.4. The molecule has 0 N–H and O–H groups in total. The van der Waals surface area contributed by atoms with Crippen molar-refractivity contribution in [3.05, 3.63) is 23.8 Å². The van der Waals surface area contributed by atoms with Crippen molar-refractivity contribution >= 4 is 0 Å². The van der Waals surface area contributed by atoms with Crippen LogP contribution in [0.3, 0.4) is 0 Å². The fourth-order valence-corrected chi connectivity index (χ4v) is 0.493. The summed E-state index contributed by atoms with van der Waals surface area (Å²) >= 11 is 0. The Morgan fingerprint density at radius 1 is 1.45 bits per heavy atom. The van der Waals surface area contributed by atoms with Crippen LogP contribution in [0.2, 0.25) is 0 Å². The third-order valence-electron chi connectivity index (χ3n) is 1.02. The Bertz CT molecular complexity index is 239. The van der Waals surface area contributed by atoms with Gasteiger partial charge in [0.05, 0.1) is 0 Å². The Morgan fingerprint density at radius 2 is 2.09 bits per heavy atom. The third-order valence-corrected chi connectivity index (χ3v) is 1.02. The highest BCUT2D eigenvalue weighted by molar-refractivity contribution is 5.06. The van der Waals surface area contributed by atoms with Crippen LogP contribution in [0.25, 0.3) is 0 Å². The maximum Gasteiger partial charge on any atom is 0.420 e. The minimum atomic E-state index is -4.40. The third kappa shape index (κ3) is 1.89. The van der Waals surface area contributed by atoms with E-state index in [0.717, 1.165) is 0 Å². The summed E-state index contributed by atoms with van der Waals surface area (Å²) in [5.74, 6) is 0.276. The van der Waals surface area contributed by atoms with E-state index in [4.69, 9.17) is 0 Å². The lowest BCUT2D eigenvalue weighted by atomic mass is 10.3. The summed E-state index contributed by atoms with van der Waals surface area (Å²) in [4.78, 5) is 6.67. The molecule has 2 nitrogen and oxygen atoms in total. The van der Waals surface area contributed by atoms with Crippen LogP contribution >= 0.6 is 0 Å². The molecule has 1 radical (unpaired) electrons. The molecule has 5 heteroatoms. The molecular formula is C6H4F3N2. The first-order valence-electron chi connectivity index (χ1n) is 2.78. The number of nitrogens with zero attached hydrogens (tertiary/aromatic N) is 2. The zero-order valence-electron chi connectivity index (χ0n) is 5.61. The van der Waals surface area contributed by atoms with E-state index in [1.165, 1.54) is 6.92 Å². The Labute approximate surface area is 61.1 Å². The van der Waals surface area contributed by atoms with Crippen molar-refractivity contribution < 1.29 is 13.2 Å². The van der Waals surface area contributed by atoms with Crippen molar-refractivity contribution in [2.45, 2.75) is 13.1 Å². The van der Waals surface area contributed by atoms with Crippen LogP contribution < -0.4 is 0 Å². The summed E-state index contributed by atoms with van der Waals surface area (Å²) in [6, 6.07) is 0. The van der Waals surface area contributed by atoms with Crippen molar-refractivity contribution in [3.63, 3.8) is 0 Å². The molecule has 0 fully saturated rings. The molecule has 0 spiro atoms. The molecule has 0 aliphatic heterocycles. The fourth-order valence-electron chi connectivity index (χ4n) is 0.493. The van der Waals surface area contributed by atoms with Gasteiger partial charge in [0.15, 0.2) is 0 Å². The molecule has 0 saturated heterocycles. The quantitative estimate of drug-likeness (QED) is 0.577. The average Bonchev–Trinajstić information content (AvgIpc) is 1.86. The molecule has 11 heavy (non-hydrogen) atoms. The molecule has 1 aromatic heterocycles. The van der Waals surface area contributed by atoms with E-state index in [-0.39, 0.29) is 5.82 Å². The van der Waals surface area contributed by atoms with Crippen LogP contribution in [-0.2, 0) is 6.18 Å². The second kappa shape index (κ2) is 2.48. The first kappa shape index (κ1) is 7.97. The van der Waals surface area contributed by atoms with Gasteiger partial charge in [-0.3, -0.25) is 0 Å². The van der Waals surface area contributed by atoms with Crippen molar-refractivity contribution in [1.29, 1.82) is 0 Å². The van der Waals surface area contributed by atoms with E-state index >= 15 is 0 Å². The molecule has 1 rings (SSSR count). The van der Waals surface area contributed by atoms with Gasteiger partial charge in [-0.05, 0) is 6.92 Å². The van der Waals surface area contributed by atoms with Gasteiger partial charge in [-0.25, -0.2) is 9.97 Å². The second-order valence-electron chi connectivity index (χ2n) is 1.94. The molecule has 1 heterocycles. The van der Waals surface area contributed by atoms with E-state index in [1.54, 1.807) is 0 Å². The maximum atomic E-state index is 11.8. The van der Waals surface area contributed by atoms with Gasteiger partial charge in [-0.1, -0.05) is 0 Å². The topological polar surface area (TPSA) is 25.8 Å². The van der Waals surface area contributed by atoms with Gasteiger partial charge in [-0.2, -0.15) is 13.2 Å². The van der Waals surface area contributed by atoms with Crippen LogP contribution in [-0.4, -0.2) is 9.97 Å². The lowest BCUT2D eigenvalue weighted by Crippen LogP contribution is -2.06. The molecule has 0 unspecified atom stereocenters. The molecule has 1 aromatic rings. The lowest BCUT2D eigenvalue weighted by Gasteiger charge is -2.03. The standard InChI is InChI=1S/C6H4F3N2/c1-4-10-2-5(3-11-4)6(7,8)9/h2H,1H3. The Balaban J connectivity index is 2.99. The van der Waals surface area contributed by atoms with Crippen LogP contribution in [0.5, 0.6) is 0 Å². The predicted molar refractivity (Wildman–Crippen MR) is 30.6 cm³/mol. The van der Waals surface area contributed by atoms with E-state index < -0.39 is 11.7 Å². The molecule has 0 atom stereocenters. The number of alkyl halides is 3. The van der Waals surface area contributed by atoms with Gasteiger partial charge in [0.1, 0.15) is 17.6 Å². The molecule has 0 bridgehead atoms. The molecule has 0 aromatic carbocycles. The fraction of sp³-hybridized carbons (Fsp3) is 0.333. The van der Waals surface area contributed by atoms with E-state index in [0.29, 0.717) is 6.20 Å². The predicted octanol–water partition coefficient (Wildman–Crippen LogP) is 1.60. The summed E-state index contributed by atoms with van der Waals surface area (Å²) in [6.45, 7) is 1.50. The van der Waals surface area contributed by atoms with Gasteiger partial charge >= 0.3 is 6.18 Å². The molecule has 0 aliphatic rings. The summed E-state index contributed by atoms with van der Waals surface area (Å²) < 4.78 is 35.4. The minimum Gasteiger partial charge on any atom is -0.241 e. The summed E-state index contributed by atoms with van der Waals surface area (Å²) in [6.07, 6.45) is -1.85. The molecule has 0 aliphatic carbocycles. The monoisotopic (exact) mass is 161 g/mol. The first-order chi connectivity index (χ1) is 5.00. The number of rotatable bonds is 0. The number of halogens is 3. The van der Waals surface area contributed by atoms with Crippen molar-refractivity contribution in [1.82, 2.24) is 9.97 Å². The van der Waals surface area contributed by atoms with Gasteiger partial charge < -0.3 is 0 Å². The number of aromatic nitrogens is 2. The van der Waals surface area contributed by atoms with Crippen molar-refractivity contribution in [3.8, 4) is 0 Å². The number of hydrogen-bond acceptors (Lipinski definition) is 2. The van der Waals surface area contributed by atoms with Crippen molar-refractivity contribution in [2.75, 3.05) is 0 Å². The molecule has 0 amide bonds. The SMILES string of the molecule is Cc1n[c]c(C(F)(F)F)cn1. The molecule has 0 saturated carbocycles. The van der Waals surface area contributed by atoms with Gasteiger partial charge in [0, 0.05) is 6.20 Å². The highest BCUT2D eigenvalue weighted by Crippen LogP contribution is 2.27. The second-order valence-corrected chi connectivity index (χ2v) is 1.94. The molecular weight excluding hydrogens is 157 g/mol. The van der Waals surface area contributed by atoms with Gasteiger partial charge in [0.25, 0.3) is 0 Å². The summed E-state index contributed by atoms with van der Waals surface area (Å²) in [5, 5.41) is 0. The summed E-state index contributed by atoms with van der Waals surface area (Å²) in [7, 11) is 0. The Kier molecular flexibility index (Phi) is 1.80. The van der Waals surface area contributed by atoms with Gasteiger partial charge in [0.2, 0.25) is 0 Å². The van der Waals surface area contributed by atoms with Crippen LogP contribution in [0.1, 0.15) is 11.4 Å². The summed E-state index contributed by atoms with van der Waals surface area (Å²) in [5.41, 5.74) is -0.942. The van der Waals surface area contributed by atoms with E-state index in [9.17, 15) is 13.2 Å². The number of hydrogen-bond donors (Lipinski definition) is 0. The van der Waals surface area contributed by atoms with Crippen molar-refractivity contribution in [2.24, 2.45) is 0 Å². The zero-order valence-corrected chi connectivity index (χ0v) is 5.61. The smallest absolute Gasteiger partial charge is 0.241 e. The molecule has 59 valence electrons. The Morgan fingerprint density at radius 3 is 2.45 bits per heavy atom.